The minimum Gasteiger partial charge on any atom is -0.308 e. The van der Waals surface area contributed by atoms with E-state index in [2.05, 4.69) is 20.8 Å². The van der Waals surface area contributed by atoms with Crippen molar-refractivity contribution in [3.05, 3.63) is 52.5 Å². The zero-order valence-electron chi connectivity index (χ0n) is 11.7. The van der Waals surface area contributed by atoms with Gasteiger partial charge in [-0.15, -0.1) is 11.3 Å². The highest BCUT2D eigenvalue weighted by Gasteiger charge is 2.15. The van der Waals surface area contributed by atoms with Crippen LogP contribution in [0, 0.1) is 6.92 Å². The van der Waals surface area contributed by atoms with Gasteiger partial charge in [0.15, 0.2) is 0 Å². The molecule has 5 nitrogen and oxygen atoms in total. The van der Waals surface area contributed by atoms with Gasteiger partial charge in [-0.1, -0.05) is 17.7 Å². The second-order valence-corrected chi connectivity index (χ2v) is 6.02. The molecule has 0 saturated heterocycles. The number of carbonyl (C=O) groups is 1. The predicted octanol–water partition coefficient (Wildman–Crippen LogP) is 4.74. The molecule has 2 aromatic heterocycles. The first-order valence-corrected chi connectivity index (χ1v) is 7.81. The van der Waals surface area contributed by atoms with Crippen molar-refractivity contribution in [3.8, 4) is 10.6 Å². The fourth-order valence-electron chi connectivity index (χ4n) is 1.98. The predicted molar refractivity (Wildman–Crippen MR) is 90.7 cm³/mol. The number of rotatable bonds is 3. The van der Waals surface area contributed by atoms with Crippen LogP contribution in [0.2, 0.25) is 5.02 Å². The van der Waals surface area contributed by atoms with E-state index in [9.17, 15) is 4.79 Å². The monoisotopic (exact) mass is 332 g/mol. The van der Waals surface area contributed by atoms with E-state index in [1.165, 1.54) is 0 Å². The molecule has 0 unspecified atom stereocenters. The zero-order valence-corrected chi connectivity index (χ0v) is 13.3. The first-order valence-electron chi connectivity index (χ1n) is 6.56. The van der Waals surface area contributed by atoms with E-state index in [4.69, 9.17) is 11.6 Å². The highest BCUT2D eigenvalue weighted by Crippen LogP contribution is 2.31. The lowest BCUT2D eigenvalue weighted by molar-refractivity contribution is 0.262. The molecular formula is C15H13ClN4OS. The average Bonchev–Trinajstić information content (AvgIpc) is 3.12. The number of thiophene rings is 1. The van der Waals surface area contributed by atoms with Gasteiger partial charge >= 0.3 is 6.03 Å². The molecule has 0 saturated carbocycles. The Labute approximate surface area is 136 Å². The van der Waals surface area contributed by atoms with Crippen LogP contribution in [0.3, 0.4) is 0 Å². The molecular weight excluding hydrogens is 320 g/mol. The molecule has 3 N–H and O–H groups in total. The van der Waals surface area contributed by atoms with Crippen LogP contribution in [0.4, 0.5) is 16.2 Å². The molecule has 1 aromatic carbocycles. The molecule has 0 aliphatic carbocycles. The van der Waals surface area contributed by atoms with Crippen LogP contribution in [0.1, 0.15) is 5.69 Å². The van der Waals surface area contributed by atoms with E-state index in [0.717, 1.165) is 16.3 Å². The topological polar surface area (TPSA) is 69.8 Å². The number of amides is 2. The maximum absolute atomic E-state index is 12.1. The minimum absolute atomic E-state index is 0.329. The van der Waals surface area contributed by atoms with Gasteiger partial charge in [0.2, 0.25) is 0 Å². The normalized spacial score (nSPS) is 10.5. The van der Waals surface area contributed by atoms with Crippen LogP contribution in [0.25, 0.3) is 10.6 Å². The van der Waals surface area contributed by atoms with Crippen LogP contribution in [0.15, 0.2) is 41.8 Å². The van der Waals surface area contributed by atoms with Crippen molar-refractivity contribution in [2.75, 3.05) is 10.6 Å². The molecule has 0 radical (unpaired) electrons. The Morgan fingerprint density at radius 2 is 2.00 bits per heavy atom. The van der Waals surface area contributed by atoms with Gasteiger partial charge in [0.25, 0.3) is 0 Å². The third-order valence-electron chi connectivity index (χ3n) is 3.04. The van der Waals surface area contributed by atoms with Crippen LogP contribution in [-0.2, 0) is 0 Å². The van der Waals surface area contributed by atoms with E-state index in [0.29, 0.717) is 16.4 Å². The molecule has 0 bridgehead atoms. The summed E-state index contributed by atoms with van der Waals surface area (Å²) in [6.07, 6.45) is 0. The molecule has 2 amide bonds. The standard InChI is InChI=1S/C15H13ClN4OS/c1-9-13(14(20-19-9)12-3-2-8-22-12)18-15(21)17-11-6-4-10(16)5-7-11/h2-8H,1H3,(H,19,20)(H2,17,18,21). The van der Waals surface area contributed by atoms with Crippen LogP contribution >= 0.6 is 22.9 Å². The number of aromatic nitrogens is 2. The summed E-state index contributed by atoms with van der Waals surface area (Å²) >= 11 is 7.39. The maximum atomic E-state index is 12.1. The number of H-pyrrole nitrogens is 1. The summed E-state index contributed by atoms with van der Waals surface area (Å²) < 4.78 is 0. The van der Waals surface area contributed by atoms with Crippen LogP contribution < -0.4 is 10.6 Å². The van der Waals surface area contributed by atoms with Crippen molar-refractivity contribution < 1.29 is 4.79 Å². The molecule has 2 heterocycles. The fourth-order valence-corrected chi connectivity index (χ4v) is 2.83. The second kappa shape index (κ2) is 6.21. The van der Waals surface area contributed by atoms with Crippen molar-refractivity contribution in [3.63, 3.8) is 0 Å². The Hall–Kier alpha value is -2.31. The van der Waals surface area contributed by atoms with Gasteiger partial charge in [-0.25, -0.2) is 4.79 Å². The van der Waals surface area contributed by atoms with Gasteiger partial charge in [-0.05, 0) is 42.6 Å². The number of anilines is 2. The molecule has 112 valence electrons. The van der Waals surface area contributed by atoms with Crippen molar-refractivity contribution in [1.82, 2.24) is 10.2 Å². The highest BCUT2D eigenvalue weighted by atomic mass is 35.5. The number of carbonyl (C=O) groups excluding carboxylic acids is 1. The molecule has 0 fully saturated rings. The molecule has 3 rings (SSSR count). The smallest absolute Gasteiger partial charge is 0.308 e. The lowest BCUT2D eigenvalue weighted by Crippen LogP contribution is -2.19. The van der Waals surface area contributed by atoms with Crippen molar-refractivity contribution in [2.45, 2.75) is 6.92 Å². The Morgan fingerprint density at radius 1 is 1.23 bits per heavy atom. The van der Waals surface area contributed by atoms with Crippen LogP contribution in [-0.4, -0.2) is 16.2 Å². The van der Waals surface area contributed by atoms with Gasteiger partial charge in [0, 0.05) is 10.7 Å². The molecule has 0 spiro atoms. The Kier molecular flexibility index (Phi) is 4.13. The van der Waals surface area contributed by atoms with Gasteiger partial charge in [-0.2, -0.15) is 5.10 Å². The van der Waals surface area contributed by atoms with E-state index >= 15 is 0 Å². The van der Waals surface area contributed by atoms with Crippen molar-refractivity contribution in [2.24, 2.45) is 0 Å². The minimum atomic E-state index is -0.329. The maximum Gasteiger partial charge on any atom is 0.323 e. The van der Waals surface area contributed by atoms with Gasteiger partial charge < -0.3 is 10.6 Å². The number of halogens is 1. The SMILES string of the molecule is Cc1[nH]nc(-c2cccs2)c1NC(=O)Nc1ccc(Cl)cc1. The second-order valence-electron chi connectivity index (χ2n) is 4.64. The number of nitrogens with zero attached hydrogens (tertiary/aromatic N) is 1. The number of hydrogen-bond donors (Lipinski definition) is 3. The van der Waals surface area contributed by atoms with Gasteiger partial charge in [0.1, 0.15) is 5.69 Å². The Bertz CT molecular complexity index is 780. The highest BCUT2D eigenvalue weighted by molar-refractivity contribution is 7.13. The largest absolute Gasteiger partial charge is 0.323 e. The summed E-state index contributed by atoms with van der Waals surface area (Å²) in [7, 11) is 0. The van der Waals surface area contributed by atoms with Crippen LogP contribution in [0.5, 0.6) is 0 Å². The Morgan fingerprint density at radius 3 is 2.68 bits per heavy atom. The molecule has 0 atom stereocenters. The van der Waals surface area contributed by atoms with E-state index in [1.54, 1.807) is 35.6 Å². The molecule has 0 aliphatic rings. The van der Waals surface area contributed by atoms with E-state index < -0.39 is 0 Å². The zero-order chi connectivity index (χ0) is 15.5. The summed E-state index contributed by atoms with van der Waals surface area (Å²) in [5, 5.41) is 15.3. The molecule has 7 heteroatoms. The van der Waals surface area contributed by atoms with Crippen molar-refractivity contribution >= 4 is 40.3 Å². The van der Waals surface area contributed by atoms with Gasteiger partial charge in [-0.3, -0.25) is 5.10 Å². The van der Waals surface area contributed by atoms with Crippen molar-refractivity contribution in [1.29, 1.82) is 0 Å². The molecule has 22 heavy (non-hydrogen) atoms. The molecule has 0 aliphatic heterocycles. The number of urea groups is 1. The first-order chi connectivity index (χ1) is 10.6. The summed E-state index contributed by atoms with van der Waals surface area (Å²) in [6.45, 7) is 1.86. The van der Waals surface area contributed by atoms with E-state index in [1.807, 2.05) is 24.4 Å². The lowest BCUT2D eigenvalue weighted by atomic mass is 10.2. The summed E-state index contributed by atoms with van der Waals surface area (Å²) in [4.78, 5) is 13.1. The van der Waals surface area contributed by atoms with Gasteiger partial charge in [0.05, 0.1) is 16.3 Å². The quantitative estimate of drug-likeness (QED) is 0.648. The summed E-state index contributed by atoms with van der Waals surface area (Å²) in [5.74, 6) is 0. The fraction of sp³-hybridized carbons (Fsp3) is 0.0667. The summed E-state index contributed by atoms with van der Waals surface area (Å²) in [5.41, 5.74) is 2.88. The third kappa shape index (κ3) is 3.13. The average molecular weight is 333 g/mol. The number of nitrogens with one attached hydrogen (secondary N) is 3. The number of hydrogen-bond acceptors (Lipinski definition) is 3. The third-order valence-corrected chi connectivity index (χ3v) is 4.17. The number of aromatic amines is 1. The number of benzene rings is 1. The molecule has 3 aromatic rings. The number of aryl methyl sites for hydroxylation is 1. The first kappa shape index (κ1) is 14.6. The van der Waals surface area contributed by atoms with E-state index in [-0.39, 0.29) is 6.03 Å². The summed E-state index contributed by atoms with van der Waals surface area (Å²) in [6, 6.07) is 10.5. The lowest BCUT2D eigenvalue weighted by Gasteiger charge is -2.08. The Balaban J connectivity index is 1.77.